The maximum atomic E-state index is 12.7. The summed E-state index contributed by atoms with van der Waals surface area (Å²) >= 11 is 0. The highest BCUT2D eigenvalue weighted by Gasteiger charge is 2.41. The van der Waals surface area contributed by atoms with Gasteiger partial charge in [-0.1, -0.05) is 0 Å². The van der Waals surface area contributed by atoms with Crippen molar-refractivity contribution < 1.29 is 14.4 Å². The minimum absolute atomic E-state index is 0.111. The molecular formula is C18H20N4O3. The molecule has 2 bridgehead atoms. The highest BCUT2D eigenvalue weighted by Crippen LogP contribution is 2.34. The van der Waals surface area contributed by atoms with Gasteiger partial charge >= 0.3 is 0 Å². The summed E-state index contributed by atoms with van der Waals surface area (Å²) in [5, 5.41) is 5.84. The van der Waals surface area contributed by atoms with Crippen LogP contribution in [0.15, 0.2) is 18.2 Å². The minimum Gasteiger partial charge on any atom is -0.366 e. The average Bonchev–Trinajstić information content (AvgIpc) is 3.30. The van der Waals surface area contributed by atoms with E-state index in [4.69, 9.17) is 0 Å². The van der Waals surface area contributed by atoms with Crippen LogP contribution in [0.1, 0.15) is 35.2 Å². The summed E-state index contributed by atoms with van der Waals surface area (Å²) in [5.74, 6) is -0.730. The predicted molar refractivity (Wildman–Crippen MR) is 90.0 cm³/mol. The van der Waals surface area contributed by atoms with Crippen LogP contribution in [0.2, 0.25) is 0 Å². The SMILES string of the molecule is O=C1CCC(N2Cc3cc(N4C[C@H]5C[C@@H]4CN5)ccc3C2=O)C(=O)N1. The quantitative estimate of drug-likeness (QED) is 0.741. The van der Waals surface area contributed by atoms with Gasteiger partial charge in [0.1, 0.15) is 6.04 Å². The highest BCUT2D eigenvalue weighted by atomic mass is 16.2. The van der Waals surface area contributed by atoms with E-state index >= 15 is 0 Å². The Morgan fingerprint density at radius 3 is 2.72 bits per heavy atom. The molecule has 3 amide bonds. The lowest BCUT2D eigenvalue weighted by Crippen LogP contribution is -2.52. The topological polar surface area (TPSA) is 81.8 Å². The molecule has 2 N–H and O–H groups in total. The summed E-state index contributed by atoms with van der Waals surface area (Å²) in [6, 6.07) is 6.56. The number of hydrogen-bond acceptors (Lipinski definition) is 5. The molecule has 3 atom stereocenters. The zero-order valence-electron chi connectivity index (χ0n) is 13.8. The van der Waals surface area contributed by atoms with Crippen LogP contribution in [0.25, 0.3) is 0 Å². The fraction of sp³-hybridized carbons (Fsp3) is 0.500. The van der Waals surface area contributed by atoms with Crippen LogP contribution in [0.3, 0.4) is 0 Å². The second-order valence-electron chi connectivity index (χ2n) is 7.39. The lowest BCUT2D eigenvalue weighted by Gasteiger charge is -2.30. The van der Waals surface area contributed by atoms with Gasteiger partial charge in [-0.3, -0.25) is 19.7 Å². The smallest absolute Gasteiger partial charge is 0.255 e. The molecule has 130 valence electrons. The summed E-state index contributed by atoms with van der Waals surface area (Å²) in [5.41, 5.74) is 2.81. The minimum atomic E-state index is -0.548. The van der Waals surface area contributed by atoms with Gasteiger partial charge in [0.05, 0.1) is 0 Å². The van der Waals surface area contributed by atoms with Crippen LogP contribution >= 0.6 is 0 Å². The Labute approximate surface area is 145 Å². The molecule has 25 heavy (non-hydrogen) atoms. The number of rotatable bonds is 2. The van der Waals surface area contributed by atoms with Crippen LogP contribution in [-0.2, 0) is 16.1 Å². The normalized spacial score (nSPS) is 30.9. The van der Waals surface area contributed by atoms with Crippen LogP contribution in [0, 0.1) is 0 Å². The third-order valence-electron chi connectivity index (χ3n) is 5.90. The molecular weight excluding hydrogens is 320 g/mol. The number of piperazine rings is 1. The molecule has 3 saturated heterocycles. The fourth-order valence-electron chi connectivity index (χ4n) is 4.62. The molecule has 7 nitrogen and oxygen atoms in total. The number of carbonyl (C=O) groups is 3. The van der Waals surface area contributed by atoms with Gasteiger partial charge in [0, 0.05) is 49.4 Å². The Balaban J connectivity index is 1.39. The first-order valence-corrected chi connectivity index (χ1v) is 8.88. The third-order valence-corrected chi connectivity index (χ3v) is 5.90. The summed E-state index contributed by atoms with van der Waals surface area (Å²) in [6.45, 7) is 2.46. The van der Waals surface area contributed by atoms with E-state index < -0.39 is 6.04 Å². The molecule has 3 fully saturated rings. The van der Waals surface area contributed by atoms with E-state index in [2.05, 4.69) is 21.6 Å². The number of piperidine rings is 1. The number of imide groups is 1. The Bertz CT molecular complexity index is 793. The van der Waals surface area contributed by atoms with Gasteiger partial charge in [0.15, 0.2) is 0 Å². The van der Waals surface area contributed by atoms with Gasteiger partial charge in [-0.2, -0.15) is 0 Å². The number of anilines is 1. The summed E-state index contributed by atoms with van der Waals surface area (Å²) in [7, 11) is 0. The number of benzene rings is 1. The predicted octanol–water partition coefficient (Wildman–Crippen LogP) is -0.00190. The largest absolute Gasteiger partial charge is 0.366 e. The van der Waals surface area contributed by atoms with Crippen molar-refractivity contribution in [2.75, 3.05) is 18.0 Å². The van der Waals surface area contributed by atoms with Gasteiger partial charge in [0.2, 0.25) is 11.8 Å². The maximum absolute atomic E-state index is 12.7. The highest BCUT2D eigenvalue weighted by molar-refractivity contribution is 6.05. The molecule has 1 unspecified atom stereocenters. The van der Waals surface area contributed by atoms with Gasteiger partial charge in [0.25, 0.3) is 5.91 Å². The van der Waals surface area contributed by atoms with Crippen LogP contribution in [-0.4, -0.2) is 53.8 Å². The van der Waals surface area contributed by atoms with Crippen molar-refractivity contribution in [3.05, 3.63) is 29.3 Å². The molecule has 4 heterocycles. The van der Waals surface area contributed by atoms with E-state index in [9.17, 15) is 14.4 Å². The molecule has 5 rings (SSSR count). The van der Waals surface area contributed by atoms with E-state index in [0.29, 0.717) is 30.6 Å². The zero-order chi connectivity index (χ0) is 17.1. The van der Waals surface area contributed by atoms with Crippen molar-refractivity contribution in [3.8, 4) is 0 Å². The Morgan fingerprint density at radius 2 is 2.00 bits per heavy atom. The number of hydrogen-bond donors (Lipinski definition) is 2. The van der Waals surface area contributed by atoms with Gasteiger partial charge in [-0.15, -0.1) is 0 Å². The molecule has 0 aliphatic carbocycles. The first-order chi connectivity index (χ1) is 12.1. The van der Waals surface area contributed by atoms with Crippen molar-refractivity contribution in [2.24, 2.45) is 0 Å². The Morgan fingerprint density at radius 1 is 1.12 bits per heavy atom. The molecule has 1 aromatic carbocycles. The number of fused-ring (bicyclic) bond motifs is 3. The Kier molecular flexibility index (Phi) is 3.15. The lowest BCUT2D eigenvalue weighted by atomic mass is 10.0. The third kappa shape index (κ3) is 2.26. The van der Waals surface area contributed by atoms with E-state index in [1.165, 1.54) is 6.42 Å². The molecule has 7 heteroatoms. The molecule has 0 radical (unpaired) electrons. The molecule has 1 aromatic rings. The second kappa shape index (κ2) is 5.29. The number of nitrogens with zero attached hydrogens (tertiary/aromatic N) is 2. The summed E-state index contributed by atoms with van der Waals surface area (Å²) in [4.78, 5) is 40.2. The first-order valence-electron chi connectivity index (χ1n) is 8.88. The van der Waals surface area contributed by atoms with E-state index in [1.54, 1.807) is 4.90 Å². The molecule has 0 aromatic heterocycles. The standard InChI is InChI=1S/C18H20N4O3/c23-16-4-3-15(17(24)20-16)22-8-10-5-12(1-2-14(10)18(22)25)21-9-11-6-13(21)7-19-11/h1-2,5,11,13,15,19H,3-4,6-9H2,(H,20,23,24)/t11-,13-,15?/m1/s1. The van der Waals surface area contributed by atoms with E-state index in [1.807, 2.05) is 12.1 Å². The van der Waals surface area contributed by atoms with Crippen molar-refractivity contribution in [1.82, 2.24) is 15.5 Å². The number of carbonyl (C=O) groups excluding carboxylic acids is 3. The fourth-order valence-corrected chi connectivity index (χ4v) is 4.62. The van der Waals surface area contributed by atoms with E-state index in [0.717, 1.165) is 24.3 Å². The molecule has 4 aliphatic rings. The van der Waals surface area contributed by atoms with Crippen molar-refractivity contribution in [1.29, 1.82) is 0 Å². The monoisotopic (exact) mass is 340 g/mol. The summed E-state index contributed by atoms with van der Waals surface area (Å²) in [6.07, 6.45) is 1.86. The lowest BCUT2D eigenvalue weighted by molar-refractivity contribution is -0.136. The average molecular weight is 340 g/mol. The maximum Gasteiger partial charge on any atom is 0.255 e. The van der Waals surface area contributed by atoms with Gasteiger partial charge < -0.3 is 15.1 Å². The van der Waals surface area contributed by atoms with Crippen molar-refractivity contribution in [2.45, 2.75) is 43.9 Å². The van der Waals surface area contributed by atoms with Crippen molar-refractivity contribution >= 4 is 23.4 Å². The molecule has 4 aliphatic heterocycles. The second-order valence-corrected chi connectivity index (χ2v) is 7.39. The zero-order valence-corrected chi connectivity index (χ0v) is 13.8. The van der Waals surface area contributed by atoms with Crippen LogP contribution in [0.4, 0.5) is 5.69 Å². The van der Waals surface area contributed by atoms with Crippen LogP contribution in [0.5, 0.6) is 0 Å². The Hall–Kier alpha value is -2.41. The van der Waals surface area contributed by atoms with Crippen LogP contribution < -0.4 is 15.5 Å². The van der Waals surface area contributed by atoms with Gasteiger partial charge in [-0.25, -0.2) is 0 Å². The summed E-state index contributed by atoms with van der Waals surface area (Å²) < 4.78 is 0. The van der Waals surface area contributed by atoms with Crippen molar-refractivity contribution in [3.63, 3.8) is 0 Å². The molecule has 0 saturated carbocycles. The molecule has 0 spiro atoms. The van der Waals surface area contributed by atoms with Gasteiger partial charge in [-0.05, 0) is 36.6 Å². The number of nitrogens with one attached hydrogen (secondary N) is 2. The first kappa shape index (κ1) is 14.9. The number of amides is 3. The van der Waals surface area contributed by atoms with E-state index in [-0.39, 0.29) is 24.1 Å².